The van der Waals surface area contributed by atoms with Crippen LogP contribution in [-0.4, -0.2) is 4.98 Å². The highest BCUT2D eigenvalue weighted by Gasteiger charge is 2.00. The molecule has 1 N–H and O–H groups in total. The van der Waals surface area contributed by atoms with Crippen molar-refractivity contribution < 1.29 is 4.42 Å². The van der Waals surface area contributed by atoms with E-state index in [4.69, 9.17) is 28.2 Å². The molecule has 0 spiro atoms. The van der Waals surface area contributed by atoms with Crippen molar-refractivity contribution in [2.24, 2.45) is 0 Å². The van der Waals surface area contributed by atoms with E-state index in [0.29, 0.717) is 4.84 Å². The highest BCUT2D eigenvalue weighted by atomic mass is 35.5. The summed E-state index contributed by atoms with van der Waals surface area (Å²) in [6, 6.07) is 14.2. The molecule has 1 aromatic carbocycles. The Hall–Kier alpha value is -1.84. The summed E-state index contributed by atoms with van der Waals surface area (Å²) in [6.07, 6.45) is 1.63. The lowest BCUT2D eigenvalue weighted by molar-refractivity contribution is 0.541. The van der Waals surface area contributed by atoms with Gasteiger partial charge in [-0.25, -0.2) is 0 Å². The molecule has 0 unspecified atom stereocenters. The first kappa shape index (κ1) is 13.2. The van der Waals surface area contributed by atoms with Crippen molar-refractivity contribution in [2.45, 2.75) is 6.92 Å². The maximum absolute atomic E-state index is 5.60. The average Bonchev–Trinajstić information content (AvgIpc) is 2.84. The molecule has 2 aromatic rings. The lowest BCUT2D eigenvalue weighted by Gasteiger charge is -2.01. The predicted molar refractivity (Wildman–Crippen MR) is 83.2 cm³/mol. The molecule has 0 saturated carbocycles. The van der Waals surface area contributed by atoms with Gasteiger partial charge in [0.15, 0.2) is 0 Å². The zero-order chi connectivity index (χ0) is 14.1. The molecule has 1 aromatic heterocycles. The van der Waals surface area contributed by atoms with E-state index in [1.165, 1.54) is 16.0 Å². The first-order valence-corrected chi connectivity index (χ1v) is 6.97. The van der Waals surface area contributed by atoms with Crippen LogP contribution in [0.25, 0.3) is 11.3 Å². The zero-order valence-electron chi connectivity index (χ0n) is 10.8. The van der Waals surface area contributed by atoms with Crippen LogP contribution in [0.5, 0.6) is 0 Å². The molecular weight excluding hydrogens is 290 g/mol. The number of aromatic nitrogens is 1. The quantitative estimate of drug-likeness (QED) is 0.486. The van der Waals surface area contributed by atoms with E-state index >= 15 is 0 Å². The van der Waals surface area contributed by atoms with E-state index < -0.39 is 0 Å². The van der Waals surface area contributed by atoms with Gasteiger partial charge in [-0.15, -0.1) is 0 Å². The number of benzene rings is 2. The Labute approximate surface area is 126 Å². The van der Waals surface area contributed by atoms with Crippen LogP contribution in [0.3, 0.4) is 0 Å². The Morgan fingerprint density at radius 1 is 1.10 bits per heavy atom. The summed E-state index contributed by atoms with van der Waals surface area (Å²) in [7, 11) is 0. The van der Waals surface area contributed by atoms with Crippen LogP contribution in [0, 0.1) is 22.2 Å². The fourth-order valence-electron chi connectivity index (χ4n) is 1.90. The van der Waals surface area contributed by atoms with E-state index in [1.807, 2.05) is 24.3 Å². The van der Waals surface area contributed by atoms with E-state index in [0.717, 1.165) is 16.3 Å². The van der Waals surface area contributed by atoms with Crippen LogP contribution in [0.2, 0.25) is 5.02 Å². The van der Waals surface area contributed by atoms with Crippen molar-refractivity contribution >= 4 is 23.8 Å². The summed E-state index contributed by atoms with van der Waals surface area (Å²) in [4.78, 5) is 3.37. The van der Waals surface area contributed by atoms with E-state index in [-0.39, 0.29) is 0 Å². The van der Waals surface area contributed by atoms with Gasteiger partial charge in [0.2, 0.25) is 0 Å². The molecule has 2 aliphatic rings. The molecule has 0 saturated heterocycles. The largest absolute Gasteiger partial charge is 0.437 e. The van der Waals surface area contributed by atoms with Crippen molar-refractivity contribution in [1.29, 1.82) is 0 Å². The van der Waals surface area contributed by atoms with Gasteiger partial charge in [-0.1, -0.05) is 53.6 Å². The van der Waals surface area contributed by atoms with Crippen molar-refractivity contribution in [3.05, 3.63) is 74.6 Å². The minimum absolute atomic E-state index is 0.413. The Bertz CT molecular complexity index is 893. The van der Waals surface area contributed by atoms with Crippen LogP contribution in [0.4, 0.5) is 0 Å². The minimum atomic E-state index is 0.413. The van der Waals surface area contributed by atoms with Gasteiger partial charge in [0.25, 0.3) is 4.84 Å². The highest BCUT2D eigenvalue weighted by Crippen LogP contribution is 2.20. The molecule has 2 nitrogen and oxygen atoms in total. The van der Waals surface area contributed by atoms with Gasteiger partial charge in [-0.2, -0.15) is 0 Å². The highest BCUT2D eigenvalue weighted by molar-refractivity contribution is 7.71. The summed E-state index contributed by atoms with van der Waals surface area (Å²) in [5.41, 5.74) is 3.25. The van der Waals surface area contributed by atoms with Crippen molar-refractivity contribution in [3.63, 3.8) is 0 Å². The van der Waals surface area contributed by atoms with E-state index in [9.17, 15) is 0 Å². The maximum atomic E-state index is 5.60. The summed E-state index contributed by atoms with van der Waals surface area (Å²) < 4.78 is 5.01. The third-order valence-corrected chi connectivity index (χ3v) is 3.67. The lowest BCUT2D eigenvalue weighted by atomic mass is 10.1. The van der Waals surface area contributed by atoms with E-state index in [1.54, 1.807) is 6.26 Å². The normalized spacial score (nSPS) is 10.7. The molecule has 0 fully saturated rings. The number of rotatable bonds is 1. The number of aryl methyl sites for hydroxylation is 1. The number of H-pyrrole nitrogens is 1. The van der Waals surface area contributed by atoms with Crippen molar-refractivity contribution in [3.8, 4) is 11.3 Å². The number of halogens is 1. The molecule has 0 radical (unpaired) electrons. The number of aromatic amines is 1. The van der Waals surface area contributed by atoms with E-state index in [2.05, 4.69) is 30.1 Å². The summed E-state index contributed by atoms with van der Waals surface area (Å²) >= 11 is 10.4. The van der Waals surface area contributed by atoms with Crippen LogP contribution in [0.15, 0.2) is 53.1 Å². The smallest absolute Gasteiger partial charge is 0.266 e. The van der Waals surface area contributed by atoms with Crippen LogP contribution in [-0.2, 0) is 0 Å². The first-order valence-electron chi connectivity index (χ1n) is 6.18. The average molecular weight is 302 g/mol. The molecule has 4 rings (SSSR count). The van der Waals surface area contributed by atoms with Gasteiger partial charge in [-0.3, -0.25) is 0 Å². The fraction of sp³-hybridized carbons (Fsp3) is 0.0625. The summed E-state index contributed by atoms with van der Waals surface area (Å²) in [6.45, 7) is 2.06. The van der Waals surface area contributed by atoms with Gasteiger partial charge in [0.05, 0.1) is 5.69 Å². The number of oxazole rings is 1. The Balaban J connectivity index is 0.000000144. The molecule has 1 heterocycles. The van der Waals surface area contributed by atoms with Gasteiger partial charge >= 0.3 is 0 Å². The van der Waals surface area contributed by atoms with Crippen LogP contribution < -0.4 is 0 Å². The van der Waals surface area contributed by atoms with Gasteiger partial charge in [0.1, 0.15) is 6.26 Å². The lowest BCUT2D eigenvalue weighted by Crippen LogP contribution is -1.84. The molecule has 0 amide bonds. The van der Waals surface area contributed by atoms with Crippen LogP contribution in [0.1, 0.15) is 5.56 Å². The Morgan fingerprint density at radius 3 is 2.20 bits per heavy atom. The molecule has 2 aliphatic carbocycles. The Morgan fingerprint density at radius 2 is 1.85 bits per heavy atom. The number of nitrogens with one attached hydrogen (secondary N) is 1. The SMILES string of the molecule is Cc1ccc(-c2coc(=S)[nH]2)cc1.Clc1cc2ccc1=2. The molecule has 0 atom stereocenters. The van der Waals surface area contributed by atoms with Crippen LogP contribution >= 0.6 is 23.8 Å². The standard InChI is InChI=1S/C10H9NOS.C6H3Cl/c1-7-2-4-8(5-3-7)9-6-12-10(13)11-9;7-6-3-4-1-2-5(4)6/h2-6H,1H3,(H,11,13);1-3H. The minimum Gasteiger partial charge on any atom is -0.437 e. The number of hydrogen-bond donors (Lipinski definition) is 1. The second kappa shape index (κ2) is 5.27. The molecule has 0 bridgehead atoms. The van der Waals surface area contributed by atoms with Gasteiger partial charge < -0.3 is 9.40 Å². The zero-order valence-corrected chi connectivity index (χ0v) is 12.4. The van der Waals surface area contributed by atoms with Crippen molar-refractivity contribution in [1.82, 2.24) is 4.98 Å². The fourth-order valence-corrected chi connectivity index (χ4v) is 2.35. The molecule has 0 aliphatic heterocycles. The second-order valence-corrected chi connectivity index (χ2v) is 5.40. The molecule has 4 heteroatoms. The summed E-state index contributed by atoms with van der Waals surface area (Å²) in [5, 5.41) is 3.46. The first-order chi connectivity index (χ1) is 9.63. The second-order valence-electron chi connectivity index (χ2n) is 4.62. The summed E-state index contributed by atoms with van der Waals surface area (Å²) in [5.74, 6) is 0. The molecule has 20 heavy (non-hydrogen) atoms. The Kier molecular flexibility index (Phi) is 3.47. The topological polar surface area (TPSA) is 28.9 Å². The maximum Gasteiger partial charge on any atom is 0.266 e. The monoisotopic (exact) mass is 301 g/mol. The molecule has 100 valence electrons. The van der Waals surface area contributed by atoms with Gasteiger partial charge in [-0.05, 0) is 30.4 Å². The van der Waals surface area contributed by atoms with Gasteiger partial charge in [0, 0.05) is 15.8 Å². The third kappa shape index (κ3) is 2.55. The van der Waals surface area contributed by atoms with Crippen molar-refractivity contribution in [2.75, 3.05) is 0 Å². The predicted octanol–water partition coefficient (Wildman–Crippen LogP) is 5.25. The number of hydrogen-bond acceptors (Lipinski definition) is 2. The third-order valence-electron chi connectivity index (χ3n) is 3.16. The molecular formula is C16H12ClNOS.